The molecule has 96 valence electrons. The third-order valence-corrected chi connectivity index (χ3v) is 3.21. The van der Waals surface area contributed by atoms with Gasteiger partial charge in [-0.1, -0.05) is 0 Å². The van der Waals surface area contributed by atoms with Crippen LogP contribution in [0.2, 0.25) is 0 Å². The van der Waals surface area contributed by atoms with Crippen LogP contribution in [0.1, 0.15) is 38.9 Å². The summed E-state index contributed by atoms with van der Waals surface area (Å²) in [6.45, 7) is 2.23. The lowest BCUT2D eigenvalue weighted by molar-refractivity contribution is 0.0968. The van der Waals surface area contributed by atoms with Crippen LogP contribution in [-0.4, -0.2) is 31.6 Å². The number of fused-ring (bicyclic) bond motifs is 2. The highest BCUT2D eigenvalue weighted by atomic mass is 16.3. The summed E-state index contributed by atoms with van der Waals surface area (Å²) in [4.78, 5) is 24.7. The summed E-state index contributed by atoms with van der Waals surface area (Å²) in [6, 6.07) is 2.38. The number of carbonyl (C=O) groups excluding carboxylic acids is 2. The Morgan fingerprint density at radius 1 is 1.11 bits per heavy atom. The van der Waals surface area contributed by atoms with Gasteiger partial charge in [0, 0.05) is 6.54 Å². The quantitative estimate of drug-likeness (QED) is 0.637. The Balaban J connectivity index is 2.38. The van der Waals surface area contributed by atoms with E-state index in [0.29, 0.717) is 6.54 Å². The molecule has 0 atom stereocenters. The molecule has 2 aromatic rings. The number of phenolic OH excluding ortho intramolecular Hbond substituents is 2. The van der Waals surface area contributed by atoms with Gasteiger partial charge in [0.15, 0.2) is 0 Å². The second-order valence-electron chi connectivity index (χ2n) is 4.23. The summed E-state index contributed by atoms with van der Waals surface area (Å²) in [5.74, 6) is -1.64. The van der Waals surface area contributed by atoms with Crippen molar-refractivity contribution in [1.82, 2.24) is 9.78 Å². The second kappa shape index (κ2) is 3.68. The standard InChI is InChI=1S/C13H10N2O4/c1-2-15-11-6(5-14-15)12(18)9-7(16)3-4-8(17)10(9)13(11)19/h3-5,16-17H,2H2,1H3. The van der Waals surface area contributed by atoms with E-state index < -0.39 is 11.6 Å². The molecule has 1 aliphatic carbocycles. The number of hydrogen-bond acceptors (Lipinski definition) is 5. The van der Waals surface area contributed by atoms with E-state index >= 15 is 0 Å². The molecular formula is C13H10N2O4. The third kappa shape index (κ3) is 1.33. The zero-order valence-corrected chi connectivity index (χ0v) is 10.0. The summed E-state index contributed by atoms with van der Waals surface area (Å²) < 4.78 is 1.40. The van der Waals surface area contributed by atoms with Crippen molar-refractivity contribution in [3.05, 3.63) is 40.7 Å². The largest absolute Gasteiger partial charge is 0.507 e. The predicted octanol–water partition coefficient (Wildman–Crippen LogP) is 1.09. The molecular weight excluding hydrogens is 248 g/mol. The predicted molar refractivity (Wildman–Crippen MR) is 64.5 cm³/mol. The molecule has 0 spiro atoms. The fraction of sp³-hybridized carbons (Fsp3) is 0.154. The van der Waals surface area contributed by atoms with Crippen molar-refractivity contribution in [2.75, 3.05) is 0 Å². The molecule has 19 heavy (non-hydrogen) atoms. The number of aryl methyl sites for hydroxylation is 1. The molecule has 0 unspecified atom stereocenters. The van der Waals surface area contributed by atoms with Gasteiger partial charge in [-0.25, -0.2) is 0 Å². The van der Waals surface area contributed by atoms with Crippen molar-refractivity contribution in [2.45, 2.75) is 13.5 Å². The van der Waals surface area contributed by atoms with Gasteiger partial charge in [-0.3, -0.25) is 14.3 Å². The van der Waals surface area contributed by atoms with Crippen molar-refractivity contribution in [3.63, 3.8) is 0 Å². The number of nitrogens with zero attached hydrogens (tertiary/aromatic N) is 2. The van der Waals surface area contributed by atoms with Gasteiger partial charge in [0.05, 0.1) is 22.9 Å². The highest BCUT2D eigenvalue weighted by molar-refractivity contribution is 6.29. The highest BCUT2D eigenvalue weighted by Gasteiger charge is 2.37. The zero-order valence-electron chi connectivity index (χ0n) is 10.0. The Morgan fingerprint density at radius 3 is 2.26 bits per heavy atom. The lowest BCUT2D eigenvalue weighted by atomic mass is 9.87. The molecule has 1 aromatic heterocycles. The number of carbonyl (C=O) groups is 2. The topological polar surface area (TPSA) is 92.4 Å². The van der Waals surface area contributed by atoms with Crippen LogP contribution >= 0.6 is 0 Å². The minimum Gasteiger partial charge on any atom is -0.507 e. The Kier molecular flexibility index (Phi) is 2.22. The first-order valence-corrected chi connectivity index (χ1v) is 5.76. The van der Waals surface area contributed by atoms with E-state index in [1.165, 1.54) is 23.0 Å². The molecule has 3 rings (SSSR count). The van der Waals surface area contributed by atoms with Crippen LogP contribution in [0.15, 0.2) is 18.3 Å². The number of benzene rings is 1. The van der Waals surface area contributed by atoms with E-state index in [1.54, 1.807) is 6.92 Å². The van der Waals surface area contributed by atoms with E-state index in [2.05, 4.69) is 5.10 Å². The molecule has 1 aliphatic rings. The van der Waals surface area contributed by atoms with Gasteiger partial charge in [0.25, 0.3) is 0 Å². The van der Waals surface area contributed by atoms with Gasteiger partial charge in [-0.15, -0.1) is 0 Å². The summed E-state index contributed by atoms with van der Waals surface area (Å²) in [6.07, 6.45) is 1.31. The lowest BCUT2D eigenvalue weighted by Gasteiger charge is -2.17. The number of ketones is 2. The summed E-state index contributed by atoms with van der Waals surface area (Å²) in [5.41, 5.74) is -0.0120. The Labute approximate surface area is 107 Å². The van der Waals surface area contributed by atoms with E-state index in [4.69, 9.17) is 0 Å². The summed E-state index contributed by atoms with van der Waals surface area (Å²) in [7, 11) is 0. The maximum atomic E-state index is 12.4. The van der Waals surface area contributed by atoms with Gasteiger partial charge in [-0.2, -0.15) is 5.10 Å². The molecule has 1 aromatic carbocycles. The Morgan fingerprint density at radius 2 is 1.68 bits per heavy atom. The van der Waals surface area contributed by atoms with Crippen LogP contribution in [-0.2, 0) is 6.54 Å². The fourth-order valence-electron chi connectivity index (χ4n) is 2.32. The van der Waals surface area contributed by atoms with E-state index in [1.807, 2.05) is 0 Å². The molecule has 0 aliphatic heterocycles. The molecule has 1 heterocycles. The van der Waals surface area contributed by atoms with Crippen LogP contribution in [0, 0.1) is 0 Å². The maximum absolute atomic E-state index is 12.4. The molecule has 0 saturated heterocycles. The average Bonchev–Trinajstić information content (AvgIpc) is 2.83. The Bertz CT molecular complexity index is 730. The molecule has 2 N–H and O–H groups in total. The van der Waals surface area contributed by atoms with Gasteiger partial charge in [0.2, 0.25) is 11.6 Å². The first-order chi connectivity index (χ1) is 9.06. The smallest absolute Gasteiger partial charge is 0.216 e. The first-order valence-electron chi connectivity index (χ1n) is 5.76. The maximum Gasteiger partial charge on any atom is 0.216 e. The molecule has 6 nitrogen and oxygen atoms in total. The number of rotatable bonds is 1. The molecule has 6 heteroatoms. The van der Waals surface area contributed by atoms with Gasteiger partial charge in [0.1, 0.15) is 17.2 Å². The zero-order chi connectivity index (χ0) is 13.7. The summed E-state index contributed by atoms with van der Waals surface area (Å²) in [5, 5.41) is 23.5. The summed E-state index contributed by atoms with van der Waals surface area (Å²) >= 11 is 0. The molecule has 0 fully saturated rings. The van der Waals surface area contributed by atoms with Gasteiger partial charge < -0.3 is 10.2 Å². The minimum absolute atomic E-state index is 0.153. The van der Waals surface area contributed by atoms with Crippen molar-refractivity contribution < 1.29 is 19.8 Å². The van der Waals surface area contributed by atoms with Gasteiger partial charge in [-0.05, 0) is 19.1 Å². The van der Waals surface area contributed by atoms with Crippen molar-refractivity contribution >= 4 is 11.6 Å². The van der Waals surface area contributed by atoms with Gasteiger partial charge >= 0.3 is 0 Å². The van der Waals surface area contributed by atoms with Crippen LogP contribution in [0.5, 0.6) is 11.5 Å². The van der Waals surface area contributed by atoms with E-state index in [0.717, 1.165) is 0 Å². The molecule has 0 radical (unpaired) electrons. The van der Waals surface area contributed by atoms with Crippen LogP contribution in [0.3, 0.4) is 0 Å². The average molecular weight is 258 g/mol. The third-order valence-electron chi connectivity index (χ3n) is 3.21. The Hall–Kier alpha value is -2.63. The number of phenols is 2. The van der Waals surface area contributed by atoms with Crippen LogP contribution < -0.4 is 0 Å². The highest BCUT2D eigenvalue weighted by Crippen LogP contribution is 2.37. The number of hydrogen-bond donors (Lipinski definition) is 2. The first kappa shape index (κ1) is 11.5. The van der Waals surface area contributed by atoms with Crippen molar-refractivity contribution in [1.29, 1.82) is 0 Å². The molecule has 0 saturated carbocycles. The van der Waals surface area contributed by atoms with Crippen LogP contribution in [0.4, 0.5) is 0 Å². The normalized spacial score (nSPS) is 13.3. The van der Waals surface area contributed by atoms with Crippen molar-refractivity contribution in [3.8, 4) is 11.5 Å². The fourth-order valence-corrected chi connectivity index (χ4v) is 2.32. The SMILES string of the molecule is CCn1ncc2c1C(=O)c1c(O)ccc(O)c1C2=O. The van der Waals surface area contributed by atoms with E-state index in [-0.39, 0.29) is 33.9 Å². The number of aromatic nitrogens is 2. The molecule has 0 amide bonds. The lowest BCUT2D eigenvalue weighted by Crippen LogP contribution is -2.23. The van der Waals surface area contributed by atoms with Crippen LogP contribution in [0.25, 0.3) is 0 Å². The monoisotopic (exact) mass is 258 g/mol. The molecule has 0 bridgehead atoms. The number of aromatic hydroxyl groups is 2. The second-order valence-corrected chi connectivity index (χ2v) is 4.23. The van der Waals surface area contributed by atoms with E-state index in [9.17, 15) is 19.8 Å². The minimum atomic E-state index is -0.502. The van der Waals surface area contributed by atoms with Crippen molar-refractivity contribution in [2.24, 2.45) is 0 Å².